The van der Waals surface area contributed by atoms with E-state index >= 15 is 0 Å². The Morgan fingerprint density at radius 3 is 2.05 bits per heavy atom. The zero-order valence-electron chi connectivity index (χ0n) is 21.4. The van der Waals surface area contributed by atoms with E-state index in [1.165, 1.54) is 11.8 Å². The molecule has 3 aromatic carbocycles. The van der Waals surface area contributed by atoms with Gasteiger partial charge in [-0.3, -0.25) is 14.5 Å². The molecule has 1 N–H and O–H groups in total. The van der Waals surface area contributed by atoms with Crippen LogP contribution < -0.4 is 5.32 Å². The third kappa shape index (κ3) is 6.05. The smallest absolute Gasteiger partial charge is 0.359 e. The Kier molecular flexibility index (Phi) is 7.95. The van der Waals surface area contributed by atoms with Crippen molar-refractivity contribution in [3.63, 3.8) is 0 Å². The number of hydrogen-bond donors (Lipinski definition) is 1. The third-order valence-electron chi connectivity index (χ3n) is 6.33. The summed E-state index contributed by atoms with van der Waals surface area (Å²) in [5, 5.41) is 2.11. The molecule has 3 aromatic rings. The monoisotopic (exact) mass is 578 g/mol. The van der Waals surface area contributed by atoms with Gasteiger partial charge in [0.15, 0.2) is 17.6 Å². The second-order valence-corrected chi connectivity index (χ2v) is 12.0. The molecule has 0 bridgehead atoms. The van der Waals surface area contributed by atoms with E-state index in [1.807, 2.05) is 66.7 Å². The molecular weight excluding hydrogens is 552 g/mol. The number of ether oxygens (including phenoxy) is 1. The van der Waals surface area contributed by atoms with Gasteiger partial charge in [-0.25, -0.2) is 4.79 Å². The summed E-state index contributed by atoms with van der Waals surface area (Å²) in [7, 11) is -4.01. The van der Waals surface area contributed by atoms with Crippen LogP contribution in [0.5, 0.6) is 0 Å². The van der Waals surface area contributed by atoms with Gasteiger partial charge in [0, 0.05) is 0 Å². The Morgan fingerprint density at radius 2 is 1.50 bits per heavy atom. The number of fused-ring (bicyclic) bond motifs is 1. The molecule has 40 heavy (non-hydrogen) atoms. The highest BCUT2D eigenvalue weighted by Crippen LogP contribution is 2.42. The first kappa shape index (κ1) is 27.5. The zero-order chi connectivity index (χ0) is 28.3. The Labute approximate surface area is 236 Å². The van der Waals surface area contributed by atoms with E-state index < -0.39 is 39.5 Å². The van der Waals surface area contributed by atoms with Crippen molar-refractivity contribution in [1.29, 1.82) is 0 Å². The molecule has 0 aliphatic carbocycles. The highest BCUT2D eigenvalue weighted by Gasteiger charge is 2.55. The maximum absolute atomic E-state index is 13.7. The summed E-state index contributed by atoms with van der Waals surface area (Å²) in [6, 6.07) is 26.4. The van der Waals surface area contributed by atoms with E-state index in [0.29, 0.717) is 11.1 Å². The van der Waals surface area contributed by atoms with Crippen molar-refractivity contribution in [2.24, 2.45) is 0 Å². The minimum absolute atomic E-state index is 0.0155. The molecule has 0 aromatic heterocycles. The highest BCUT2D eigenvalue weighted by molar-refractivity contribution is 8.00. The van der Waals surface area contributed by atoms with Gasteiger partial charge < -0.3 is 14.2 Å². The van der Waals surface area contributed by atoms with Gasteiger partial charge >= 0.3 is 16.1 Å². The average molecular weight is 579 g/mol. The second kappa shape index (κ2) is 11.6. The van der Waals surface area contributed by atoms with Crippen molar-refractivity contribution in [3.8, 4) is 0 Å². The minimum atomic E-state index is -4.01. The van der Waals surface area contributed by atoms with E-state index in [0.717, 1.165) is 16.7 Å². The van der Waals surface area contributed by atoms with Gasteiger partial charge in [0.2, 0.25) is 5.91 Å². The van der Waals surface area contributed by atoms with E-state index in [1.54, 1.807) is 24.3 Å². The molecule has 206 valence electrons. The molecule has 2 aliphatic heterocycles. The number of nitrogens with one attached hydrogen (secondary N) is 1. The first-order valence-electron chi connectivity index (χ1n) is 12.4. The molecule has 0 radical (unpaired) electrons. The maximum atomic E-state index is 13.7. The summed E-state index contributed by atoms with van der Waals surface area (Å²) < 4.78 is 35.1. The van der Waals surface area contributed by atoms with E-state index in [9.17, 15) is 22.8 Å². The van der Waals surface area contributed by atoms with Gasteiger partial charge in [0.1, 0.15) is 11.4 Å². The predicted octanol–water partition coefficient (Wildman–Crippen LogP) is 3.15. The quantitative estimate of drug-likeness (QED) is 0.234. The lowest BCUT2D eigenvalue weighted by molar-refractivity contribution is -0.155. The summed E-state index contributed by atoms with van der Waals surface area (Å²) in [6.45, 7) is 0. The number of β-lactam (4-membered cyclic amide) rings is 1. The molecule has 1 fully saturated rings. The third-order valence-corrected chi connectivity index (χ3v) is 8.09. The summed E-state index contributed by atoms with van der Waals surface area (Å²) in [5.41, 5.74) is 1.89. The Bertz CT molecular complexity index is 1510. The number of hydrogen-bond acceptors (Lipinski definition) is 8. The summed E-state index contributed by atoms with van der Waals surface area (Å²) in [4.78, 5) is 40.8. The SMILES string of the molecule is CS(=O)(=O)OC1=C(C(=O)OC(c2ccccc2)c2ccccc2)N2C(=O)[C@@H](NC(=O)Cc3ccccc3)[C@H]2SC1. The van der Waals surface area contributed by atoms with Crippen LogP contribution in [0.3, 0.4) is 0 Å². The number of rotatable bonds is 9. The zero-order valence-corrected chi connectivity index (χ0v) is 23.1. The molecule has 2 aliphatic rings. The molecule has 9 nitrogen and oxygen atoms in total. The standard InChI is InChI=1S/C29H26N2O7S2/c1-40(35,36)38-22-18-39-28-24(30-23(32)17-19-11-5-2-6-12-19)27(33)31(28)25(22)29(34)37-26(20-13-7-3-8-14-20)21-15-9-4-10-16-21/h2-16,24,26,28H,17-18H2,1H3,(H,30,32)/t24-,28-/m1/s1. The van der Waals surface area contributed by atoms with Crippen LogP contribution in [-0.2, 0) is 39.8 Å². The lowest BCUT2D eigenvalue weighted by atomic mass is 10.0. The molecule has 1 saturated heterocycles. The topological polar surface area (TPSA) is 119 Å². The molecule has 11 heteroatoms. The van der Waals surface area contributed by atoms with Crippen LogP contribution >= 0.6 is 11.8 Å². The van der Waals surface area contributed by atoms with E-state index in [2.05, 4.69) is 5.32 Å². The number of thioether (sulfide) groups is 1. The van der Waals surface area contributed by atoms with Crippen molar-refractivity contribution in [1.82, 2.24) is 10.2 Å². The normalized spacial score (nSPS) is 18.6. The van der Waals surface area contributed by atoms with Crippen LogP contribution in [0.15, 0.2) is 102 Å². The average Bonchev–Trinajstić information content (AvgIpc) is 2.95. The van der Waals surface area contributed by atoms with Crippen molar-refractivity contribution >= 4 is 39.7 Å². The molecule has 0 spiro atoms. The van der Waals surface area contributed by atoms with E-state index in [4.69, 9.17) is 8.92 Å². The van der Waals surface area contributed by atoms with Gasteiger partial charge in [-0.15, -0.1) is 11.8 Å². The Morgan fingerprint density at radius 1 is 0.950 bits per heavy atom. The Balaban J connectivity index is 1.41. The van der Waals surface area contributed by atoms with Gasteiger partial charge in [-0.05, 0) is 16.7 Å². The van der Waals surface area contributed by atoms with Crippen LogP contribution in [0, 0.1) is 0 Å². The van der Waals surface area contributed by atoms with Crippen molar-refractivity contribution in [2.75, 3.05) is 12.0 Å². The fraction of sp³-hybridized carbons (Fsp3) is 0.207. The number of carbonyl (C=O) groups is 3. The lowest BCUT2D eigenvalue weighted by Crippen LogP contribution is -2.70. The first-order chi connectivity index (χ1) is 19.2. The molecule has 2 atom stereocenters. The molecule has 5 rings (SSSR count). The van der Waals surface area contributed by atoms with E-state index in [-0.39, 0.29) is 29.5 Å². The number of amides is 2. The minimum Gasteiger partial charge on any atom is -0.448 e. The van der Waals surface area contributed by atoms with Crippen LogP contribution in [0.1, 0.15) is 22.8 Å². The molecule has 2 amide bonds. The van der Waals surface area contributed by atoms with Crippen molar-refractivity contribution in [3.05, 3.63) is 119 Å². The van der Waals surface area contributed by atoms with Crippen molar-refractivity contribution < 1.29 is 31.7 Å². The summed E-state index contributed by atoms with van der Waals surface area (Å²) in [6.07, 6.45) is 0.124. The van der Waals surface area contributed by atoms with Crippen LogP contribution in [-0.4, -0.2) is 54.5 Å². The molecular formula is C29H26N2O7S2. The molecule has 2 heterocycles. The summed E-state index contributed by atoms with van der Waals surface area (Å²) >= 11 is 1.19. The van der Waals surface area contributed by atoms with Crippen molar-refractivity contribution in [2.45, 2.75) is 23.9 Å². The van der Waals surface area contributed by atoms with Gasteiger partial charge in [-0.2, -0.15) is 8.42 Å². The van der Waals surface area contributed by atoms with Gasteiger partial charge in [0.25, 0.3) is 5.91 Å². The summed E-state index contributed by atoms with van der Waals surface area (Å²) in [5.74, 6) is -2.03. The number of carbonyl (C=O) groups excluding carboxylic acids is 3. The van der Waals surface area contributed by atoms with Gasteiger partial charge in [-0.1, -0.05) is 91.0 Å². The highest BCUT2D eigenvalue weighted by atomic mass is 32.2. The number of benzene rings is 3. The largest absolute Gasteiger partial charge is 0.448 e. The second-order valence-electron chi connectivity index (χ2n) is 9.28. The first-order valence-corrected chi connectivity index (χ1v) is 15.3. The maximum Gasteiger partial charge on any atom is 0.359 e. The fourth-order valence-electron chi connectivity index (χ4n) is 4.58. The lowest BCUT2D eigenvalue weighted by Gasteiger charge is -2.49. The predicted molar refractivity (Wildman–Crippen MR) is 149 cm³/mol. The van der Waals surface area contributed by atoms with Gasteiger partial charge in [0.05, 0.1) is 18.4 Å². The molecule has 0 saturated carbocycles. The van der Waals surface area contributed by atoms with Crippen LogP contribution in [0.2, 0.25) is 0 Å². The van der Waals surface area contributed by atoms with Crippen LogP contribution in [0.25, 0.3) is 0 Å². The van der Waals surface area contributed by atoms with Crippen LogP contribution in [0.4, 0.5) is 0 Å². The molecule has 0 unspecified atom stereocenters. The number of nitrogens with zero attached hydrogens (tertiary/aromatic N) is 1. The Hall–Kier alpha value is -4.09. The fourth-order valence-corrected chi connectivity index (χ4v) is 6.41. The number of esters is 1.